The van der Waals surface area contributed by atoms with Gasteiger partial charge in [0.15, 0.2) is 0 Å². The van der Waals surface area contributed by atoms with Crippen LogP contribution < -0.4 is 5.56 Å². The van der Waals surface area contributed by atoms with E-state index in [0.717, 1.165) is 25.9 Å². The Bertz CT molecular complexity index is 466. The molecule has 0 bridgehead atoms. The van der Waals surface area contributed by atoms with Gasteiger partial charge in [0.25, 0.3) is 5.56 Å². The third kappa shape index (κ3) is 3.05. The van der Waals surface area contributed by atoms with Gasteiger partial charge in [0, 0.05) is 19.3 Å². The first-order valence-electron chi connectivity index (χ1n) is 5.66. The zero-order valence-electron chi connectivity index (χ0n) is 9.43. The van der Waals surface area contributed by atoms with E-state index in [4.69, 9.17) is 0 Å². The summed E-state index contributed by atoms with van der Waals surface area (Å²) in [4.78, 5) is 29.5. The number of aromatic nitrogens is 2. The van der Waals surface area contributed by atoms with Crippen molar-refractivity contribution in [3.8, 4) is 0 Å². The standard InChI is InChI=1S/C11H14IN3O2/c12-9-6-13-8-15(11(9)17)7-10(16)14-4-2-1-3-5-14/h6,8H,1-5,7H2. The molecule has 0 saturated carbocycles. The number of carbonyl (C=O) groups is 1. The summed E-state index contributed by atoms with van der Waals surface area (Å²) in [6.45, 7) is 1.72. The summed E-state index contributed by atoms with van der Waals surface area (Å²) in [6.07, 6.45) is 6.24. The Morgan fingerprint density at radius 3 is 2.76 bits per heavy atom. The summed E-state index contributed by atoms with van der Waals surface area (Å²) in [5.74, 6) is 0.00981. The maximum absolute atomic E-state index is 12.0. The van der Waals surface area contributed by atoms with Crippen LogP contribution in [0.25, 0.3) is 0 Å². The molecule has 1 saturated heterocycles. The van der Waals surface area contributed by atoms with Crippen LogP contribution in [-0.2, 0) is 11.3 Å². The largest absolute Gasteiger partial charge is 0.341 e. The number of carbonyl (C=O) groups excluding carboxylic acids is 1. The van der Waals surface area contributed by atoms with Crippen LogP contribution in [0.2, 0.25) is 0 Å². The number of hydrogen-bond acceptors (Lipinski definition) is 3. The predicted molar refractivity (Wildman–Crippen MR) is 71.6 cm³/mol. The van der Waals surface area contributed by atoms with E-state index >= 15 is 0 Å². The highest BCUT2D eigenvalue weighted by Gasteiger charge is 2.17. The van der Waals surface area contributed by atoms with E-state index in [1.165, 1.54) is 23.5 Å². The summed E-state index contributed by atoms with van der Waals surface area (Å²) in [5.41, 5.74) is -0.147. The fourth-order valence-electron chi connectivity index (χ4n) is 1.93. The van der Waals surface area contributed by atoms with Crippen molar-refractivity contribution in [3.05, 3.63) is 26.4 Å². The molecule has 1 aliphatic heterocycles. The molecule has 1 aromatic rings. The van der Waals surface area contributed by atoms with Gasteiger partial charge in [-0.25, -0.2) is 4.98 Å². The van der Waals surface area contributed by atoms with Gasteiger partial charge in [-0.1, -0.05) is 0 Å². The maximum atomic E-state index is 12.0. The van der Waals surface area contributed by atoms with Gasteiger partial charge < -0.3 is 4.90 Å². The highest BCUT2D eigenvalue weighted by atomic mass is 127. The molecule has 0 N–H and O–H groups in total. The van der Waals surface area contributed by atoms with Crippen LogP contribution in [0.5, 0.6) is 0 Å². The van der Waals surface area contributed by atoms with E-state index in [9.17, 15) is 9.59 Å². The number of nitrogens with zero attached hydrogens (tertiary/aromatic N) is 3. The summed E-state index contributed by atoms with van der Waals surface area (Å²) >= 11 is 1.93. The first kappa shape index (κ1) is 12.5. The molecule has 1 aliphatic rings. The lowest BCUT2D eigenvalue weighted by molar-refractivity contribution is -0.132. The van der Waals surface area contributed by atoms with Gasteiger partial charge in [0.2, 0.25) is 5.91 Å². The van der Waals surface area contributed by atoms with Gasteiger partial charge in [-0.2, -0.15) is 0 Å². The third-order valence-corrected chi connectivity index (χ3v) is 3.61. The quantitative estimate of drug-likeness (QED) is 0.746. The average molecular weight is 347 g/mol. The molecule has 6 heteroatoms. The normalized spacial score (nSPS) is 15.9. The molecular formula is C11H14IN3O2. The SMILES string of the molecule is O=C(Cn1cncc(I)c1=O)N1CCCCC1. The second-order valence-electron chi connectivity index (χ2n) is 4.12. The Hall–Kier alpha value is -0.920. The van der Waals surface area contributed by atoms with Crippen molar-refractivity contribution < 1.29 is 4.79 Å². The number of halogens is 1. The molecule has 2 heterocycles. The highest BCUT2D eigenvalue weighted by Crippen LogP contribution is 2.09. The minimum atomic E-state index is -0.147. The van der Waals surface area contributed by atoms with E-state index in [1.807, 2.05) is 27.5 Å². The van der Waals surface area contributed by atoms with Crippen molar-refractivity contribution in [2.45, 2.75) is 25.8 Å². The predicted octanol–water partition coefficient (Wildman–Crippen LogP) is 0.860. The highest BCUT2D eigenvalue weighted by molar-refractivity contribution is 14.1. The minimum Gasteiger partial charge on any atom is -0.341 e. The van der Waals surface area contributed by atoms with Gasteiger partial charge in [-0.3, -0.25) is 14.2 Å². The lowest BCUT2D eigenvalue weighted by atomic mass is 10.1. The molecule has 0 aromatic carbocycles. The molecule has 1 aromatic heterocycles. The molecular weight excluding hydrogens is 333 g/mol. The molecule has 2 rings (SSSR count). The third-order valence-electron chi connectivity index (χ3n) is 2.87. The van der Waals surface area contributed by atoms with Crippen LogP contribution in [0.4, 0.5) is 0 Å². The van der Waals surface area contributed by atoms with Crippen molar-refractivity contribution in [2.24, 2.45) is 0 Å². The molecule has 0 atom stereocenters. The average Bonchev–Trinajstić information content (AvgIpc) is 2.36. The molecule has 1 fully saturated rings. The summed E-state index contributed by atoms with van der Waals surface area (Å²) in [7, 11) is 0. The van der Waals surface area contributed by atoms with Crippen LogP contribution >= 0.6 is 22.6 Å². The van der Waals surface area contributed by atoms with Crippen molar-refractivity contribution in [3.63, 3.8) is 0 Å². The Morgan fingerprint density at radius 1 is 1.35 bits per heavy atom. The Kier molecular flexibility index (Phi) is 4.14. The van der Waals surface area contributed by atoms with Gasteiger partial charge in [0.1, 0.15) is 6.54 Å². The van der Waals surface area contributed by atoms with Gasteiger partial charge in [-0.15, -0.1) is 0 Å². The number of rotatable bonds is 2. The van der Waals surface area contributed by atoms with Crippen molar-refractivity contribution in [1.82, 2.24) is 14.5 Å². The van der Waals surface area contributed by atoms with E-state index in [1.54, 1.807) is 0 Å². The van der Waals surface area contributed by atoms with Gasteiger partial charge >= 0.3 is 0 Å². The first-order chi connectivity index (χ1) is 8.18. The number of hydrogen-bond donors (Lipinski definition) is 0. The Labute approximate surface area is 113 Å². The maximum Gasteiger partial charge on any atom is 0.267 e. The lowest BCUT2D eigenvalue weighted by Gasteiger charge is -2.26. The van der Waals surface area contributed by atoms with Gasteiger partial charge in [0.05, 0.1) is 9.90 Å². The van der Waals surface area contributed by atoms with E-state index < -0.39 is 0 Å². The van der Waals surface area contributed by atoms with Crippen molar-refractivity contribution in [1.29, 1.82) is 0 Å². The molecule has 17 heavy (non-hydrogen) atoms. The fraction of sp³-hybridized carbons (Fsp3) is 0.545. The van der Waals surface area contributed by atoms with Crippen molar-refractivity contribution in [2.75, 3.05) is 13.1 Å². The summed E-state index contributed by atoms with van der Waals surface area (Å²) in [5, 5.41) is 0. The van der Waals surface area contributed by atoms with E-state index in [-0.39, 0.29) is 18.0 Å². The lowest BCUT2D eigenvalue weighted by Crippen LogP contribution is -2.39. The molecule has 92 valence electrons. The van der Waals surface area contributed by atoms with Crippen LogP contribution in [0.15, 0.2) is 17.3 Å². The zero-order chi connectivity index (χ0) is 12.3. The van der Waals surface area contributed by atoms with Gasteiger partial charge in [-0.05, 0) is 41.9 Å². The van der Waals surface area contributed by atoms with Crippen LogP contribution in [-0.4, -0.2) is 33.4 Å². The fourth-order valence-corrected chi connectivity index (χ4v) is 2.40. The summed E-state index contributed by atoms with van der Waals surface area (Å²) < 4.78 is 1.91. The topological polar surface area (TPSA) is 55.2 Å². The first-order valence-corrected chi connectivity index (χ1v) is 6.74. The van der Waals surface area contributed by atoms with Crippen LogP contribution in [0.3, 0.4) is 0 Å². The zero-order valence-corrected chi connectivity index (χ0v) is 11.6. The molecule has 0 radical (unpaired) electrons. The summed E-state index contributed by atoms with van der Waals surface area (Å²) in [6, 6.07) is 0. The molecule has 1 amide bonds. The number of likely N-dealkylation sites (tertiary alicyclic amines) is 1. The van der Waals surface area contributed by atoms with Crippen LogP contribution in [0.1, 0.15) is 19.3 Å². The van der Waals surface area contributed by atoms with E-state index in [2.05, 4.69) is 4.98 Å². The second kappa shape index (κ2) is 5.61. The molecule has 0 aliphatic carbocycles. The van der Waals surface area contributed by atoms with Crippen LogP contribution in [0, 0.1) is 3.57 Å². The molecule has 0 spiro atoms. The molecule has 0 unspecified atom stereocenters. The minimum absolute atomic E-state index is 0.00981. The smallest absolute Gasteiger partial charge is 0.267 e. The monoisotopic (exact) mass is 347 g/mol. The van der Waals surface area contributed by atoms with Crippen molar-refractivity contribution >= 4 is 28.5 Å². The number of piperidine rings is 1. The number of amides is 1. The Morgan fingerprint density at radius 2 is 2.06 bits per heavy atom. The van der Waals surface area contributed by atoms with E-state index in [0.29, 0.717) is 3.57 Å². The second-order valence-corrected chi connectivity index (χ2v) is 5.28. The Balaban J connectivity index is 2.07. The molecule has 5 nitrogen and oxygen atoms in total.